The van der Waals surface area contributed by atoms with Gasteiger partial charge in [0, 0.05) is 78.2 Å². The SMILES string of the molecule is CC1(C)CCC(CN2CCN(c3ccc(C(=O)NS(=O)(=O)c4cc5c(c([N+](=O)[O-])c4)N[C@H](Cc4ccc(Cl)cc4)CO5)c(Oc4cnc5[nH]ccc5c4)c3)CC2)=C(c2ccc(Cl)cc2)C1. The number of allylic oxidation sites excluding steroid dienone is 1. The monoisotopic (exact) mass is 935 g/mol. The first-order valence-corrected chi connectivity index (χ1v) is 23.6. The highest BCUT2D eigenvalue weighted by Crippen LogP contribution is 2.44. The molecule has 0 saturated carbocycles. The molecule has 17 heteroatoms. The number of nitrogens with one attached hydrogen (secondary N) is 3. The third-order valence-electron chi connectivity index (χ3n) is 12.3. The van der Waals surface area contributed by atoms with E-state index >= 15 is 0 Å². The predicted octanol–water partition coefficient (Wildman–Crippen LogP) is 9.89. The van der Waals surface area contributed by atoms with Gasteiger partial charge < -0.3 is 24.7 Å². The van der Waals surface area contributed by atoms with Crippen LogP contribution in [0.4, 0.5) is 17.1 Å². The number of nitro benzene ring substituents is 1. The molecule has 0 spiro atoms. The molecule has 14 nitrogen and oxygen atoms in total. The Morgan fingerprint density at radius 2 is 1.72 bits per heavy atom. The normalized spacial score (nSPS) is 17.5. The first kappa shape index (κ1) is 44.1. The summed E-state index contributed by atoms with van der Waals surface area (Å²) in [6.07, 6.45) is 6.91. The summed E-state index contributed by atoms with van der Waals surface area (Å²) in [4.78, 5) is 37.4. The van der Waals surface area contributed by atoms with Gasteiger partial charge in [0.15, 0.2) is 11.4 Å². The van der Waals surface area contributed by atoms with Crippen molar-refractivity contribution < 1.29 is 27.6 Å². The number of nitrogens with zero attached hydrogens (tertiary/aromatic N) is 4. The highest BCUT2D eigenvalue weighted by atomic mass is 35.5. The number of carbonyl (C=O) groups is 1. The number of anilines is 2. The molecule has 2 aromatic heterocycles. The van der Waals surface area contributed by atoms with Gasteiger partial charge in [0.25, 0.3) is 21.6 Å². The predicted molar refractivity (Wildman–Crippen MR) is 253 cm³/mol. The molecule has 3 N–H and O–H groups in total. The van der Waals surface area contributed by atoms with Gasteiger partial charge >= 0.3 is 0 Å². The fraction of sp³-hybridized carbons (Fsp3) is 0.292. The van der Waals surface area contributed by atoms with E-state index in [0.717, 1.165) is 66.6 Å². The zero-order valence-corrected chi connectivity index (χ0v) is 38.1. The van der Waals surface area contributed by atoms with E-state index in [1.165, 1.54) is 35.0 Å². The molecule has 1 saturated heterocycles. The number of aromatic amines is 1. The van der Waals surface area contributed by atoms with Crippen LogP contribution in [0.15, 0.2) is 114 Å². The van der Waals surface area contributed by atoms with Crippen LogP contribution in [0.2, 0.25) is 10.0 Å². The number of carbonyl (C=O) groups excluding carboxylic acids is 1. The van der Waals surface area contributed by atoms with E-state index in [0.29, 0.717) is 35.9 Å². The summed E-state index contributed by atoms with van der Waals surface area (Å²) in [6.45, 7) is 8.67. The second-order valence-corrected chi connectivity index (χ2v) is 20.1. The maximum atomic E-state index is 14.1. The number of ether oxygens (including phenoxy) is 2. The van der Waals surface area contributed by atoms with Crippen LogP contribution in [0.1, 0.15) is 54.6 Å². The number of benzene rings is 4. The van der Waals surface area contributed by atoms with Gasteiger partial charge in [-0.1, -0.05) is 66.9 Å². The number of hydrogen-bond donors (Lipinski definition) is 3. The maximum absolute atomic E-state index is 14.1. The van der Waals surface area contributed by atoms with Gasteiger partial charge in [-0.15, -0.1) is 0 Å². The molecule has 1 amide bonds. The molecule has 4 heterocycles. The Morgan fingerprint density at radius 3 is 2.46 bits per heavy atom. The van der Waals surface area contributed by atoms with Crippen LogP contribution in [0.25, 0.3) is 16.6 Å². The average molecular weight is 937 g/mol. The molecule has 0 radical (unpaired) electrons. The van der Waals surface area contributed by atoms with Crippen molar-refractivity contribution in [2.45, 2.75) is 50.5 Å². The molecule has 3 aliphatic rings. The number of amides is 1. The highest BCUT2D eigenvalue weighted by Gasteiger charge is 2.33. The van der Waals surface area contributed by atoms with Crippen LogP contribution in [0.5, 0.6) is 17.2 Å². The summed E-state index contributed by atoms with van der Waals surface area (Å²) < 4.78 is 42.2. The van der Waals surface area contributed by atoms with Gasteiger partial charge in [-0.25, -0.2) is 18.1 Å². The fourth-order valence-corrected chi connectivity index (χ4v) is 10.1. The molecule has 9 rings (SSSR count). The number of halogens is 2. The van der Waals surface area contributed by atoms with E-state index in [9.17, 15) is 23.3 Å². The van der Waals surface area contributed by atoms with E-state index in [4.69, 9.17) is 32.7 Å². The van der Waals surface area contributed by atoms with Crippen LogP contribution in [0, 0.1) is 15.5 Å². The van der Waals surface area contributed by atoms with E-state index in [1.807, 2.05) is 30.3 Å². The van der Waals surface area contributed by atoms with Gasteiger partial charge in [0.2, 0.25) is 0 Å². The number of pyridine rings is 1. The topological polar surface area (TPSA) is 172 Å². The minimum atomic E-state index is -4.68. The van der Waals surface area contributed by atoms with Crippen molar-refractivity contribution in [3.8, 4) is 17.2 Å². The summed E-state index contributed by atoms with van der Waals surface area (Å²) in [5, 5.41) is 17.6. The van der Waals surface area contributed by atoms with E-state index in [-0.39, 0.29) is 40.8 Å². The molecule has 336 valence electrons. The third-order valence-corrected chi connectivity index (χ3v) is 14.1. The van der Waals surface area contributed by atoms with E-state index in [1.54, 1.807) is 36.5 Å². The molecule has 2 aliphatic heterocycles. The van der Waals surface area contributed by atoms with Gasteiger partial charge in [0.05, 0.1) is 27.6 Å². The summed E-state index contributed by atoms with van der Waals surface area (Å²) in [7, 11) is -4.68. The second-order valence-electron chi connectivity index (χ2n) is 17.6. The lowest BCUT2D eigenvalue weighted by atomic mass is 9.72. The number of fused-ring (bicyclic) bond motifs is 2. The Balaban J connectivity index is 0.942. The number of nitro groups is 1. The number of H-pyrrole nitrogens is 1. The van der Waals surface area contributed by atoms with Gasteiger partial charge in [-0.3, -0.25) is 19.8 Å². The van der Waals surface area contributed by atoms with Crippen LogP contribution >= 0.6 is 23.2 Å². The Kier molecular flexibility index (Phi) is 12.2. The average Bonchev–Trinajstić information content (AvgIpc) is 3.76. The van der Waals surface area contributed by atoms with Crippen LogP contribution in [0.3, 0.4) is 0 Å². The molecule has 0 bridgehead atoms. The van der Waals surface area contributed by atoms with Crippen LogP contribution in [-0.2, 0) is 16.4 Å². The molecular weight excluding hydrogens is 890 g/mol. The van der Waals surface area contributed by atoms with Gasteiger partial charge in [-0.2, -0.15) is 0 Å². The van der Waals surface area contributed by atoms with Crippen molar-refractivity contribution in [2.24, 2.45) is 5.41 Å². The Morgan fingerprint density at radius 1 is 0.985 bits per heavy atom. The number of rotatable bonds is 12. The number of aromatic nitrogens is 2. The van der Waals surface area contributed by atoms with Gasteiger partial charge in [0.1, 0.15) is 23.8 Å². The van der Waals surface area contributed by atoms with E-state index < -0.39 is 31.4 Å². The quantitative estimate of drug-likeness (QED) is 0.0788. The Hall–Kier alpha value is -6.13. The van der Waals surface area contributed by atoms with Crippen molar-refractivity contribution in [2.75, 3.05) is 49.5 Å². The lowest BCUT2D eigenvalue weighted by molar-refractivity contribution is -0.384. The lowest BCUT2D eigenvalue weighted by Crippen LogP contribution is -2.47. The van der Waals surface area contributed by atoms with Crippen LogP contribution in [-0.4, -0.2) is 79.5 Å². The fourth-order valence-electron chi connectivity index (χ4n) is 8.80. The Labute approximate surface area is 386 Å². The number of sulfonamides is 1. The number of piperazine rings is 1. The molecule has 1 atom stereocenters. The third kappa shape index (κ3) is 9.93. The minimum absolute atomic E-state index is 0.0260. The van der Waals surface area contributed by atoms with Crippen molar-refractivity contribution in [3.05, 3.63) is 146 Å². The number of hydrogen-bond acceptors (Lipinski definition) is 11. The molecular formula is C48H47Cl2N7O7S. The second kappa shape index (κ2) is 18.0. The zero-order chi connectivity index (χ0) is 45.5. The molecule has 1 fully saturated rings. The molecule has 4 aromatic carbocycles. The zero-order valence-electron chi connectivity index (χ0n) is 35.8. The molecule has 6 aromatic rings. The van der Waals surface area contributed by atoms with Crippen molar-refractivity contribution in [3.63, 3.8) is 0 Å². The van der Waals surface area contributed by atoms with Gasteiger partial charge in [-0.05, 0) is 96.3 Å². The van der Waals surface area contributed by atoms with Crippen LogP contribution < -0.4 is 24.4 Å². The molecule has 0 unspecified atom stereocenters. The first-order chi connectivity index (χ1) is 31.2. The standard InChI is InChI=1S/C48H47Cl2N7O7S/c1-48(2)15-13-33(41(26-48)31-5-9-35(50)10-6-31)28-55-17-19-56(20-18-55)37-11-12-40(43(23-37)64-38-22-32-14-16-51-46(32)52-27-38)47(58)54-65(61,62)39-24-42(57(59)60)45-44(25-39)63-29-36(53-45)21-30-3-7-34(49)8-4-30/h3-12,14,16,22-25,27,36,53H,13,15,17-21,26,28-29H2,1-2H3,(H,51,52)(H,54,58)/t36-/m1/s1. The van der Waals surface area contributed by atoms with Crippen molar-refractivity contribution in [1.82, 2.24) is 19.6 Å². The largest absolute Gasteiger partial charge is 0.489 e. The molecule has 1 aliphatic carbocycles. The smallest absolute Gasteiger partial charge is 0.297 e. The van der Waals surface area contributed by atoms with Crippen molar-refractivity contribution >= 4 is 72.8 Å². The van der Waals surface area contributed by atoms with E-state index in [2.05, 4.69) is 55.8 Å². The molecule has 65 heavy (non-hydrogen) atoms. The van der Waals surface area contributed by atoms with Crippen molar-refractivity contribution in [1.29, 1.82) is 0 Å². The highest BCUT2D eigenvalue weighted by molar-refractivity contribution is 7.90. The lowest BCUT2D eigenvalue weighted by Gasteiger charge is -2.39. The first-order valence-electron chi connectivity index (χ1n) is 21.4. The summed E-state index contributed by atoms with van der Waals surface area (Å²) >= 11 is 12.3. The maximum Gasteiger partial charge on any atom is 0.297 e. The minimum Gasteiger partial charge on any atom is -0.489 e. The Bertz CT molecular complexity index is 2930. The summed E-state index contributed by atoms with van der Waals surface area (Å²) in [5.74, 6) is -0.579. The summed E-state index contributed by atoms with van der Waals surface area (Å²) in [5.41, 5.74) is 6.14. The summed E-state index contributed by atoms with van der Waals surface area (Å²) in [6, 6.07) is 25.7.